The molecule has 2 rings (SSSR count). The number of pyridine rings is 1. The SMILES string of the molecule is CN(C)c1cccn2c(C(C)(C)C)nc(C=O)c12. The monoisotopic (exact) mass is 245 g/mol. The van der Waals surface area contributed by atoms with E-state index in [4.69, 9.17) is 0 Å². The normalized spacial score (nSPS) is 11.8. The number of carbonyl (C=O) groups excluding carboxylic acids is 1. The van der Waals surface area contributed by atoms with Crippen molar-refractivity contribution in [3.8, 4) is 0 Å². The first-order valence-corrected chi connectivity index (χ1v) is 6.00. The molecule has 0 aliphatic carbocycles. The maximum Gasteiger partial charge on any atom is 0.170 e. The van der Waals surface area contributed by atoms with Gasteiger partial charge in [0.1, 0.15) is 11.5 Å². The molecule has 96 valence electrons. The lowest BCUT2D eigenvalue weighted by Gasteiger charge is -2.18. The van der Waals surface area contributed by atoms with Gasteiger partial charge in [0.25, 0.3) is 0 Å². The topological polar surface area (TPSA) is 37.6 Å². The van der Waals surface area contributed by atoms with Crippen LogP contribution in [-0.2, 0) is 5.41 Å². The number of hydrogen-bond donors (Lipinski definition) is 0. The lowest BCUT2D eigenvalue weighted by molar-refractivity contribution is 0.112. The molecule has 0 aliphatic rings. The van der Waals surface area contributed by atoms with Gasteiger partial charge in [0.15, 0.2) is 6.29 Å². The first-order chi connectivity index (χ1) is 8.36. The zero-order chi connectivity index (χ0) is 13.5. The lowest BCUT2D eigenvalue weighted by Crippen LogP contribution is -2.16. The summed E-state index contributed by atoms with van der Waals surface area (Å²) >= 11 is 0. The Morgan fingerprint density at radius 2 is 2.00 bits per heavy atom. The summed E-state index contributed by atoms with van der Waals surface area (Å²) in [6.07, 6.45) is 2.79. The number of imidazole rings is 1. The third-order valence-corrected chi connectivity index (χ3v) is 2.93. The van der Waals surface area contributed by atoms with Gasteiger partial charge < -0.3 is 9.30 Å². The van der Waals surface area contributed by atoms with Crippen LogP contribution in [0.4, 0.5) is 5.69 Å². The van der Waals surface area contributed by atoms with Crippen LogP contribution in [0.1, 0.15) is 37.1 Å². The molecule has 0 fully saturated rings. The summed E-state index contributed by atoms with van der Waals surface area (Å²) in [4.78, 5) is 17.7. The number of aldehydes is 1. The number of nitrogens with zero attached hydrogens (tertiary/aromatic N) is 3. The molecule has 0 aliphatic heterocycles. The summed E-state index contributed by atoms with van der Waals surface area (Å²) < 4.78 is 2.01. The van der Waals surface area contributed by atoms with Gasteiger partial charge in [0.05, 0.1) is 11.2 Å². The molecule has 2 aromatic heterocycles. The van der Waals surface area contributed by atoms with E-state index >= 15 is 0 Å². The molecule has 18 heavy (non-hydrogen) atoms. The quantitative estimate of drug-likeness (QED) is 0.763. The summed E-state index contributed by atoms with van der Waals surface area (Å²) in [5, 5.41) is 0. The minimum atomic E-state index is -0.102. The van der Waals surface area contributed by atoms with Crippen molar-refractivity contribution in [1.29, 1.82) is 0 Å². The van der Waals surface area contributed by atoms with E-state index in [9.17, 15) is 4.79 Å². The highest BCUT2D eigenvalue weighted by atomic mass is 16.1. The highest BCUT2D eigenvalue weighted by molar-refractivity contribution is 5.91. The summed E-state index contributed by atoms with van der Waals surface area (Å²) in [5.74, 6) is 0.906. The molecule has 0 N–H and O–H groups in total. The van der Waals surface area contributed by atoms with Crippen molar-refractivity contribution in [3.63, 3.8) is 0 Å². The Labute approximate surface area is 107 Å². The molecule has 0 amide bonds. The predicted octanol–water partition coefficient (Wildman–Crippen LogP) is 2.51. The molecule has 4 nitrogen and oxygen atoms in total. The van der Waals surface area contributed by atoms with E-state index in [1.165, 1.54) is 0 Å². The minimum Gasteiger partial charge on any atom is -0.376 e. The summed E-state index contributed by atoms with van der Waals surface area (Å²) in [5.41, 5.74) is 2.28. The summed E-state index contributed by atoms with van der Waals surface area (Å²) in [6, 6.07) is 3.98. The van der Waals surface area contributed by atoms with Crippen LogP contribution in [-0.4, -0.2) is 29.8 Å². The smallest absolute Gasteiger partial charge is 0.170 e. The maximum atomic E-state index is 11.2. The van der Waals surface area contributed by atoms with E-state index in [2.05, 4.69) is 25.8 Å². The van der Waals surface area contributed by atoms with Crippen molar-refractivity contribution >= 4 is 17.5 Å². The molecular weight excluding hydrogens is 226 g/mol. The number of hydrogen-bond acceptors (Lipinski definition) is 3. The van der Waals surface area contributed by atoms with Crippen LogP contribution in [0.2, 0.25) is 0 Å². The average molecular weight is 245 g/mol. The van der Waals surface area contributed by atoms with Crippen LogP contribution < -0.4 is 4.90 Å². The van der Waals surface area contributed by atoms with E-state index in [1.54, 1.807) is 0 Å². The van der Waals surface area contributed by atoms with Crippen molar-refractivity contribution in [3.05, 3.63) is 29.8 Å². The van der Waals surface area contributed by atoms with Crippen LogP contribution in [0.15, 0.2) is 18.3 Å². The molecule has 0 unspecified atom stereocenters. The van der Waals surface area contributed by atoms with Crippen molar-refractivity contribution in [2.75, 3.05) is 19.0 Å². The van der Waals surface area contributed by atoms with Crippen LogP contribution >= 0.6 is 0 Å². The zero-order valence-electron chi connectivity index (χ0n) is 11.6. The van der Waals surface area contributed by atoms with Crippen LogP contribution in [0, 0.1) is 0 Å². The standard InChI is InChI=1S/C14H19N3O/c1-14(2,3)13-15-10(9-18)12-11(16(4)5)7-6-8-17(12)13/h6-9H,1-5H3. The van der Waals surface area contributed by atoms with Gasteiger partial charge in [-0.1, -0.05) is 20.8 Å². The maximum absolute atomic E-state index is 11.2. The molecule has 0 radical (unpaired) electrons. The van der Waals surface area contributed by atoms with Gasteiger partial charge in [-0.25, -0.2) is 4.98 Å². The Balaban J connectivity index is 2.88. The fourth-order valence-corrected chi connectivity index (χ4v) is 2.12. The number of anilines is 1. The van der Waals surface area contributed by atoms with Crippen molar-refractivity contribution in [2.45, 2.75) is 26.2 Å². The van der Waals surface area contributed by atoms with Gasteiger partial charge in [0, 0.05) is 25.7 Å². The van der Waals surface area contributed by atoms with Gasteiger partial charge in [-0.15, -0.1) is 0 Å². The van der Waals surface area contributed by atoms with E-state index in [-0.39, 0.29) is 5.41 Å². The summed E-state index contributed by atoms with van der Waals surface area (Å²) in [6.45, 7) is 6.29. The first-order valence-electron chi connectivity index (χ1n) is 6.00. The Bertz CT molecular complexity index is 591. The first kappa shape index (κ1) is 12.6. The Morgan fingerprint density at radius 3 is 2.50 bits per heavy atom. The molecule has 0 atom stereocenters. The molecular formula is C14H19N3O. The number of rotatable bonds is 2. The molecule has 0 aromatic carbocycles. The van der Waals surface area contributed by atoms with E-state index in [1.807, 2.05) is 41.7 Å². The van der Waals surface area contributed by atoms with Crippen LogP contribution in [0.5, 0.6) is 0 Å². The Morgan fingerprint density at radius 1 is 1.33 bits per heavy atom. The second kappa shape index (κ2) is 4.12. The average Bonchev–Trinajstić information content (AvgIpc) is 2.66. The minimum absolute atomic E-state index is 0.102. The van der Waals surface area contributed by atoms with Gasteiger partial charge >= 0.3 is 0 Å². The molecule has 0 spiro atoms. The molecule has 2 aromatic rings. The van der Waals surface area contributed by atoms with Gasteiger partial charge in [-0.3, -0.25) is 4.79 Å². The van der Waals surface area contributed by atoms with E-state index < -0.39 is 0 Å². The number of carbonyl (C=O) groups is 1. The Kier molecular flexibility index (Phi) is 2.89. The predicted molar refractivity (Wildman–Crippen MR) is 73.6 cm³/mol. The number of aromatic nitrogens is 2. The molecule has 4 heteroatoms. The highest BCUT2D eigenvalue weighted by Gasteiger charge is 2.23. The molecule has 0 saturated carbocycles. The second-order valence-electron chi connectivity index (χ2n) is 5.69. The van der Waals surface area contributed by atoms with Crippen LogP contribution in [0.3, 0.4) is 0 Å². The molecule has 0 bridgehead atoms. The van der Waals surface area contributed by atoms with Gasteiger partial charge in [-0.05, 0) is 12.1 Å². The van der Waals surface area contributed by atoms with Gasteiger partial charge in [-0.2, -0.15) is 0 Å². The summed E-state index contributed by atoms with van der Waals surface area (Å²) in [7, 11) is 3.93. The highest BCUT2D eigenvalue weighted by Crippen LogP contribution is 2.29. The number of fused-ring (bicyclic) bond motifs is 1. The largest absolute Gasteiger partial charge is 0.376 e. The Hall–Kier alpha value is -1.84. The third-order valence-electron chi connectivity index (χ3n) is 2.93. The van der Waals surface area contributed by atoms with Crippen molar-refractivity contribution in [1.82, 2.24) is 9.38 Å². The third kappa shape index (κ3) is 1.88. The fourth-order valence-electron chi connectivity index (χ4n) is 2.12. The zero-order valence-corrected chi connectivity index (χ0v) is 11.6. The van der Waals surface area contributed by atoms with E-state index in [0.29, 0.717) is 5.69 Å². The molecule has 0 saturated heterocycles. The van der Waals surface area contributed by atoms with Gasteiger partial charge in [0.2, 0.25) is 0 Å². The van der Waals surface area contributed by atoms with Crippen molar-refractivity contribution < 1.29 is 4.79 Å². The fraction of sp³-hybridized carbons (Fsp3) is 0.429. The lowest BCUT2D eigenvalue weighted by atomic mass is 9.96. The van der Waals surface area contributed by atoms with Crippen molar-refractivity contribution in [2.24, 2.45) is 0 Å². The van der Waals surface area contributed by atoms with Crippen LogP contribution in [0.25, 0.3) is 5.52 Å². The molecule has 2 heterocycles. The second-order valence-corrected chi connectivity index (χ2v) is 5.69. The van der Waals surface area contributed by atoms with E-state index in [0.717, 1.165) is 23.3 Å².